The van der Waals surface area contributed by atoms with Crippen LogP contribution < -0.4 is 5.32 Å². The summed E-state index contributed by atoms with van der Waals surface area (Å²) >= 11 is 0. The molecule has 0 bridgehead atoms. The molecule has 6 heteroatoms. The Balaban J connectivity index is 2.02. The van der Waals surface area contributed by atoms with Crippen LogP contribution in [0.3, 0.4) is 0 Å². The maximum absolute atomic E-state index is 13.4. The van der Waals surface area contributed by atoms with E-state index < -0.39 is 29.4 Å². The molecule has 2 aromatic carbocycles. The standard InChI is InChI=1S/C15H13F2NO3/c16-9-5-6-11(13(19)7-9)15(21)18-8-14(20)10-3-1-2-4-12(10)17/h1-7,14,19-20H,8H2,(H,18,21). The second-order valence-electron chi connectivity index (χ2n) is 4.41. The Hall–Kier alpha value is -2.47. The third-order valence-corrected chi connectivity index (χ3v) is 2.92. The van der Waals surface area contributed by atoms with Gasteiger partial charge < -0.3 is 15.5 Å². The van der Waals surface area contributed by atoms with Crippen LogP contribution in [-0.2, 0) is 0 Å². The lowest BCUT2D eigenvalue weighted by Gasteiger charge is -2.13. The lowest BCUT2D eigenvalue weighted by Crippen LogP contribution is -2.28. The minimum atomic E-state index is -1.22. The fraction of sp³-hybridized carbons (Fsp3) is 0.133. The summed E-state index contributed by atoms with van der Waals surface area (Å²) in [4.78, 5) is 11.8. The van der Waals surface area contributed by atoms with Crippen molar-refractivity contribution in [2.75, 3.05) is 6.54 Å². The molecule has 21 heavy (non-hydrogen) atoms. The van der Waals surface area contributed by atoms with E-state index in [1.165, 1.54) is 18.2 Å². The molecule has 0 aliphatic carbocycles. The number of rotatable bonds is 4. The second kappa shape index (κ2) is 6.32. The Morgan fingerprint density at radius 2 is 1.90 bits per heavy atom. The molecule has 0 aliphatic heterocycles. The highest BCUT2D eigenvalue weighted by molar-refractivity contribution is 5.96. The highest BCUT2D eigenvalue weighted by atomic mass is 19.1. The Kier molecular flexibility index (Phi) is 4.49. The van der Waals surface area contributed by atoms with Crippen LogP contribution in [0.1, 0.15) is 22.0 Å². The molecule has 1 amide bonds. The second-order valence-corrected chi connectivity index (χ2v) is 4.41. The minimum Gasteiger partial charge on any atom is -0.507 e. The van der Waals surface area contributed by atoms with E-state index in [9.17, 15) is 23.8 Å². The summed E-state index contributed by atoms with van der Waals surface area (Å²) in [6.07, 6.45) is -1.22. The van der Waals surface area contributed by atoms with E-state index in [0.29, 0.717) is 0 Å². The van der Waals surface area contributed by atoms with Crippen LogP contribution >= 0.6 is 0 Å². The summed E-state index contributed by atoms with van der Waals surface area (Å²) in [6, 6.07) is 8.61. The first-order valence-electron chi connectivity index (χ1n) is 6.18. The van der Waals surface area contributed by atoms with Crippen LogP contribution in [-0.4, -0.2) is 22.7 Å². The van der Waals surface area contributed by atoms with Crippen molar-refractivity contribution in [2.24, 2.45) is 0 Å². The maximum Gasteiger partial charge on any atom is 0.255 e. The number of aromatic hydroxyl groups is 1. The lowest BCUT2D eigenvalue weighted by molar-refractivity contribution is 0.0911. The van der Waals surface area contributed by atoms with Gasteiger partial charge in [0.05, 0.1) is 11.7 Å². The van der Waals surface area contributed by atoms with Crippen molar-refractivity contribution >= 4 is 5.91 Å². The monoisotopic (exact) mass is 293 g/mol. The third-order valence-electron chi connectivity index (χ3n) is 2.92. The lowest BCUT2D eigenvalue weighted by atomic mass is 10.1. The number of phenolic OH excluding ortho intramolecular Hbond substituents is 1. The van der Waals surface area contributed by atoms with E-state index in [-0.39, 0.29) is 17.7 Å². The first-order chi connectivity index (χ1) is 9.99. The van der Waals surface area contributed by atoms with E-state index in [0.717, 1.165) is 18.2 Å². The van der Waals surface area contributed by atoms with Gasteiger partial charge in [0.2, 0.25) is 0 Å². The number of nitrogens with one attached hydrogen (secondary N) is 1. The molecular formula is C15H13F2NO3. The quantitative estimate of drug-likeness (QED) is 0.809. The Labute approximate surface area is 119 Å². The fourth-order valence-corrected chi connectivity index (χ4v) is 1.84. The zero-order valence-corrected chi connectivity index (χ0v) is 10.9. The number of carbonyl (C=O) groups excluding carboxylic acids is 1. The van der Waals surface area contributed by atoms with Crippen molar-refractivity contribution in [1.82, 2.24) is 5.32 Å². The molecule has 1 unspecified atom stereocenters. The molecule has 0 fully saturated rings. The molecule has 2 aromatic rings. The number of amides is 1. The van der Waals surface area contributed by atoms with Crippen LogP contribution in [0.25, 0.3) is 0 Å². The average Bonchev–Trinajstić information content (AvgIpc) is 2.45. The zero-order chi connectivity index (χ0) is 15.4. The van der Waals surface area contributed by atoms with Gasteiger partial charge in [-0.2, -0.15) is 0 Å². The van der Waals surface area contributed by atoms with Crippen molar-refractivity contribution in [2.45, 2.75) is 6.10 Å². The molecule has 1 atom stereocenters. The number of benzene rings is 2. The number of phenols is 1. The molecule has 0 spiro atoms. The van der Waals surface area contributed by atoms with Crippen LogP contribution in [0, 0.1) is 11.6 Å². The predicted molar refractivity (Wildman–Crippen MR) is 71.8 cm³/mol. The molecule has 0 heterocycles. The number of halogens is 2. The number of hydrogen-bond donors (Lipinski definition) is 3. The zero-order valence-electron chi connectivity index (χ0n) is 10.9. The Bertz CT molecular complexity index is 661. The molecule has 110 valence electrons. The number of carbonyl (C=O) groups is 1. The first-order valence-corrected chi connectivity index (χ1v) is 6.18. The summed E-state index contributed by atoms with van der Waals surface area (Å²) in [5, 5.41) is 21.6. The van der Waals surface area contributed by atoms with Gasteiger partial charge in [-0.15, -0.1) is 0 Å². The van der Waals surface area contributed by atoms with Crippen molar-refractivity contribution in [3.63, 3.8) is 0 Å². The van der Waals surface area contributed by atoms with E-state index >= 15 is 0 Å². The van der Waals surface area contributed by atoms with Crippen molar-refractivity contribution in [3.8, 4) is 5.75 Å². The molecule has 0 aromatic heterocycles. The minimum absolute atomic E-state index is 0.0566. The van der Waals surface area contributed by atoms with Crippen LogP contribution in [0.4, 0.5) is 8.78 Å². The molecule has 0 radical (unpaired) electrons. The predicted octanol–water partition coefficient (Wildman–Crippen LogP) is 2.13. The van der Waals surface area contributed by atoms with Crippen molar-refractivity contribution in [1.29, 1.82) is 0 Å². The van der Waals surface area contributed by atoms with Gasteiger partial charge in [-0.1, -0.05) is 18.2 Å². The smallest absolute Gasteiger partial charge is 0.255 e. The van der Waals surface area contributed by atoms with E-state index in [4.69, 9.17) is 0 Å². The van der Waals surface area contributed by atoms with Gasteiger partial charge in [0.25, 0.3) is 5.91 Å². The van der Waals surface area contributed by atoms with Gasteiger partial charge in [0.1, 0.15) is 17.4 Å². The number of hydrogen-bond acceptors (Lipinski definition) is 3. The summed E-state index contributed by atoms with van der Waals surface area (Å²) in [5.41, 5.74) is -0.0711. The Morgan fingerprint density at radius 1 is 1.19 bits per heavy atom. The van der Waals surface area contributed by atoms with Crippen LogP contribution in [0.5, 0.6) is 5.75 Å². The van der Waals surface area contributed by atoms with Crippen LogP contribution in [0.2, 0.25) is 0 Å². The van der Waals surface area contributed by atoms with E-state index in [1.807, 2.05) is 0 Å². The highest BCUT2D eigenvalue weighted by Gasteiger charge is 2.16. The largest absolute Gasteiger partial charge is 0.507 e. The SMILES string of the molecule is O=C(NCC(O)c1ccccc1F)c1ccc(F)cc1O. The molecule has 4 nitrogen and oxygen atoms in total. The van der Waals surface area contributed by atoms with Gasteiger partial charge >= 0.3 is 0 Å². The first kappa shape index (κ1) is 14.9. The van der Waals surface area contributed by atoms with E-state index in [2.05, 4.69) is 5.32 Å². The molecule has 2 rings (SSSR count). The van der Waals surface area contributed by atoms with Crippen LogP contribution in [0.15, 0.2) is 42.5 Å². The molecule has 3 N–H and O–H groups in total. The fourth-order valence-electron chi connectivity index (χ4n) is 1.84. The molecular weight excluding hydrogens is 280 g/mol. The third kappa shape index (κ3) is 3.55. The summed E-state index contributed by atoms with van der Waals surface area (Å²) < 4.78 is 26.3. The molecule has 0 saturated heterocycles. The Morgan fingerprint density at radius 3 is 2.57 bits per heavy atom. The summed E-state index contributed by atoms with van der Waals surface area (Å²) in [6.45, 7) is -0.240. The average molecular weight is 293 g/mol. The van der Waals surface area contributed by atoms with Crippen molar-refractivity contribution < 1.29 is 23.8 Å². The molecule has 0 aliphatic rings. The van der Waals surface area contributed by atoms with Crippen molar-refractivity contribution in [3.05, 3.63) is 65.2 Å². The maximum atomic E-state index is 13.4. The highest BCUT2D eigenvalue weighted by Crippen LogP contribution is 2.19. The topological polar surface area (TPSA) is 69.6 Å². The normalized spacial score (nSPS) is 12.0. The number of aliphatic hydroxyl groups is 1. The van der Waals surface area contributed by atoms with Gasteiger partial charge in [-0.05, 0) is 18.2 Å². The summed E-state index contributed by atoms with van der Waals surface area (Å²) in [5.74, 6) is -2.45. The van der Waals surface area contributed by atoms with Gasteiger partial charge in [-0.25, -0.2) is 8.78 Å². The van der Waals surface area contributed by atoms with Gasteiger partial charge in [0, 0.05) is 18.2 Å². The summed E-state index contributed by atoms with van der Waals surface area (Å²) in [7, 11) is 0. The van der Waals surface area contributed by atoms with E-state index in [1.54, 1.807) is 6.07 Å². The van der Waals surface area contributed by atoms with Gasteiger partial charge in [0.15, 0.2) is 0 Å². The number of aliphatic hydroxyl groups excluding tert-OH is 1. The van der Waals surface area contributed by atoms with Gasteiger partial charge in [-0.3, -0.25) is 4.79 Å². The molecule has 0 saturated carbocycles.